The third-order valence-corrected chi connectivity index (χ3v) is 4.02. The number of benzene rings is 1. The molecule has 4 nitrogen and oxygen atoms in total. The number of hydrogen-bond donors (Lipinski definition) is 1. The fourth-order valence-electron chi connectivity index (χ4n) is 2.83. The first-order chi connectivity index (χ1) is 10.2. The van der Waals surface area contributed by atoms with E-state index in [0.717, 1.165) is 44.0 Å². The van der Waals surface area contributed by atoms with Gasteiger partial charge < -0.3 is 15.2 Å². The number of nitrogens with two attached hydrogens (primary N) is 1. The number of ether oxygens (including phenoxy) is 2. The summed E-state index contributed by atoms with van der Waals surface area (Å²) in [4.78, 5) is 2.43. The summed E-state index contributed by atoms with van der Waals surface area (Å²) in [6, 6.07) is 8.09. The Bertz CT molecular complexity index is 408. The summed E-state index contributed by atoms with van der Waals surface area (Å²) in [5, 5.41) is 0. The van der Waals surface area contributed by atoms with Crippen LogP contribution in [0.1, 0.15) is 37.8 Å². The summed E-state index contributed by atoms with van der Waals surface area (Å²) < 4.78 is 11.1. The van der Waals surface area contributed by atoms with E-state index in [4.69, 9.17) is 15.2 Å². The Morgan fingerprint density at radius 1 is 1.33 bits per heavy atom. The average molecular weight is 292 g/mol. The van der Waals surface area contributed by atoms with Crippen molar-refractivity contribution in [1.82, 2.24) is 4.90 Å². The summed E-state index contributed by atoms with van der Waals surface area (Å²) in [5.41, 5.74) is 7.50. The Kier molecular flexibility index (Phi) is 6.49. The van der Waals surface area contributed by atoms with Gasteiger partial charge in [-0.3, -0.25) is 4.90 Å². The van der Waals surface area contributed by atoms with Gasteiger partial charge in [0.1, 0.15) is 5.75 Å². The van der Waals surface area contributed by atoms with E-state index in [-0.39, 0.29) is 6.04 Å². The Morgan fingerprint density at radius 2 is 2.10 bits per heavy atom. The second kappa shape index (κ2) is 8.37. The molecule has 0 amide bonds. The zero-order valence-electron chi connectivity index (χ0n) is 13.3. The van der Waals surface area contributed by atoms with Crippen LogP contribution in [-0.4, -0.2) is 44.4 Å². The van der Waals surface area contributed by atoms with Crippen LogP contribution in [0.15, 0.2) is 24.3 Å². The number of nitrogens with zero attached hydrogens (tertiary/aromatic N) is 1. The van der Waals surface area contributed by atoms with Gasteiger partial charge in [-0.05, 0) is 43.5 Å². The van der Waals surface area contributed by atoms with Crippen LogP contribution in [0.3, 0.4) is 0 Å². The molecule has 0 radical (unpaired) electrons. The molecular formula is C17H28N2O2. The summed E-state index contributed by atoms with van der Waals surface area (Å²) in [6.07, 6.45) is 3.83. The van der Waals surface area contributed by atoms with Gasteiger partial charge in [0.25, 0.3) is 0 Å². The van der Waals surface area contributed by atoms with Crippen LogP contribution in [0.2, 0.25) is 0 Å². The predicted octanol–water partition coefficient (Wildman–Crippen LogP) is 2.59. The van der Waals surface area contributed by atoms with Crippen LogP contribution in [0, 0.1) is 0 Å². The largest absolute Gasteiger partial charge is 0.497 e. The topological polar surface area (TPSA) is 47.7 Å². The molecule has 118 valence electrons. The minimum atomic E-state index is 0.0424. The van der Waals surface area contributed by atoms with Crippen molar-refractivity contribution in [2.45, 2.75) is 38.3 Å². The average Bonchev–Trinajstić information content (AvgIpc) is 2.53. The first-order valence-electron chi connectivity index (χ1n) is 7.96. The highest BCUT2D eigenvalue weighted by molar-refractivity contribution is 5.29. The molecule has 2 N–H and O–H groups in total. The molecule has 1 heterocycles. The predicted molar refractivity (Wildman–Crippen MR) is 85.6 cm³/mol. The van der Waals surface area contributed by atoms with Gasteiger partial charge in [-0.25, -0.2) is 0 Å². The maximum Gasteiger partial charge on any atom is 0.118 e. The van der Waals surface area contributed by atoms with Crippen LogP contribution in [-0.2, 0) is 4.74 Å². The van der Waals surface area contributed by atoms with Crippen molar-refractivity contribution >= 4 is 0 Å². The van der Waals surface area contributed by atoms with Crippen LogP contribution in [0.4, 0.5) is 0 Å². The standard InChI is InChI=1S/C17H28N2O2/c1-3-11-21-16-5-4-10-19(12-16)13-17(18)14-6-8-15(20-2)9-7-14/h6-9,16-17H,3-5,10-13,18H2,1-2H3. The SMILES string of the molecule is CCCOC1CCCN(CC(N)c2ccc(OC)cc2)C1. The summed E-state index contributed by atoms with van der Waals surface area (Å²) in [6.45, 7) is 6.03. The van der Waals surface area contributed by atoms with Gasteiger partial charge in [0.15, 0.2) is 0 Å². The number of methoxy groups -OCH3 is 1. The van der Waals surface area contributed by atoms with E-state index in [2.05, 4.69) is 24.0 Å². The molecule has 0 bridgehead atoms. The van der Waals surface area contributed by atoms with Crippen LogP contribution in [0.5, 0.6) is 5.75 Å². The highest BCUT2D eigenvalue weighted by Crippen LogP contribution is 2.19. The first kappa shape index (κ1) is 16.3. The van der Waals surface area contributed by atoms with Crippen molar-refractivity contribution in [1.29, 1.82) is 0 Å². The van der Waals surface area contributed by atoms with E-state index in [1.54, 1.807) is 7.11 Å². The quantitative estimate of drug-likeness (QED) is 0.839. The third kappa shape index (κ3) is 4.99. The molecule has 4 heteroatoms. The first-order valence-corrected chi connectivity index (χ1v) is 7.96. The highest BCUT2D eigenvalue weighted by Gasteiger charge is 2.22. The Balaban J connectivity index is 1.84. The molecular weight excluding hydrogens is 264 g/mol. The third-order valence-electron chi connectivity index (χ3n) is 4.02. The zero-order valence-corrected chi connectivity index (χ0v) is 13.3. The lowest BCUT2D eigenvalue weighted by Gasteiger charge is -2.34. The lowest BCUT2D eigenvalue weighted by atomic mass is 10.0. The second-order valence-electron chi connectivity index (χ2n) is 5.77. The second-order valence-corrected chi connectivity index (χ2v) is 5.77. The van der Waals surface area contributed by atoms with E-state index in [1.807, 2.05) is 12.1 Å². The van der Waals surface area contributed by atoms with E-state index in [9.17, 15) is 0 Å². The molecule has 1 aromatic rings. The van der Waals surface area contributed by atoms with Crippen molar-refractivity contribution in [2.75, 3.05) is 33.4 Å². The molecule has 0 saturated carbocycles. The van der Waals surface area contributed by atoms with E-state index in [1.165, 1.54) is 12.8 Å². The Morgan fingerprint density at radius 3 is 2.76 bits per heavy atom. The van der Waals surface area contributed by atoms with Gasteiger partial charge in [-0.1, -0.05) is 19.1 Å². The van der Waals surface area contributed by atoms with E-state index < -0.39 is 0 Å². The van der Waals surface area contributed by atoms with Gasteiger partial charge >= 0.3 is 0 Å². The molecule has 2 unspecified atom stereocenters. The minimum absolute atomic E-state index is 0.0424. The van der Waals surface area contributed by atoms with Crippen LogP contribution >= 0.6 is 0 Å². The van der Waals surface area contributed by atoms with Crippen LogP contribution in [0.25, 0.3) is 0 Å². The zero-order chi connectivity index (χ0) is 15.1. The Hall–Kier alpha value is -1.10. The van der Waals surface area contributed by atoms with E-state index in [0.29, 0.717) is 6.10 Å². The lowest BCUT2D eigenvalue weighted by molar-refractivity contribution is -0.00138. The number of piperidine rings is 1. The maximum atomic E-state index is 6.34. The molecule has 2 rings (SSSR count). The molecule has 2 atom stereocenters. The Labute approximate surface area is 128 Å². The fraction of sp³-hybridized carbons (Fsp3) is 0.647. The molecule has 1 aliphatic rings. The molecule has 1 aromatic carbocycles. The van der Waals surface area contributed by atoms with Crippen molar-refractivity contribution in [2.24, 2.45) is 5.73 Å². The molecule has 1 fully saturated rings. The monoisotopic (exact) mass is 292 g/mol. The van der Waals surface area contributed by atoms with Gasteiger partial charge in [0, 0.05) is 25.7 Å². The fourth-order valence-corrected chi connectivity index (χ4v) is 2.83. The summed E-state index contributed by atoms with van der Waals surface area (Å²) in [7, 11) is 1.68. The van der Waals surface area contributed by atoms with Gasteiger partial charge in [-0.2, -0.15) is 0 Å². The maximum absolute atomic E-state index is 6.34. The van der Waals surface area contributed by atoms with Gasteiger partial charge in [-0.15, -0.1) is 0 Å². The molecule has 21 heavy (non-hydrogen) atoms. The number of rotatable bonds is 7. The number of likely N-dealkylation sites (tertiary alicyclic amines) is 1. The molecule has 1 saturated heterocycles. The minimum Gasteiger partial charge on any atom is -0.497 e. The van der Waals surface area contributed by atoms with Gasteiger partial charge in [0.05, 0.1) is 13.2 Å². The van der Waals surface area contributed by atoms with E-state index >= 15 is 0 Å². The molecule has 0 aliphatic carbocycles. The lowest BCUT2D eigenvalue weighted by Crippen LogP contribution is -2.43. The van der Waals surface area contributed by atoms with Gasteiger partial charge in [0.2, 0.25) is 0 Å². The smallest absolute Gasteiger partial charge is 0.118 e. The molecule has 0 aromatic heterocycles. The van der Waals surface area contributed by atoms with Crippen molar-refractivity contribution in [3.8, 4) is 5.75 Å². The summed E-state index contributed by atoms with van der Waals surface area (Å²) in [5.74, 6) is 0.872. The van der Waals surface area contributed by atoms with Crippen LogP contribution < -0.4 is 10.5 Å². The van der Waals surface area contributed by atoms with Crippen molar-refractivity contribution in [3.63, 3.8) is 0 Å². The highest BCUT2D eigenvalue weighted by atomic mass is 16.5. The number of hydrogen-bond acceptors (Lipinski definition) is 4. The molecule has 1 aliphatic heterocycles. The normalized spacial score (nSPS) is 21.2. The van der Waals surface area contributed by atoms with Crippen molar-refractivity contribution in [3.05, 3.63) is 29.8 Å². The molecule has 0 spiro atoms. The summed E-state index contributed by atoms with van der Waals surface area (Å²) >= 11 is 0. The van der Waals surface area contributed by atoms with Crippen molar-refractivity contribution < 1.29 is 9.47 Å².